The predicted molar refractivity (Wildman–Crippen MR) is 93.4 cm³/mol. The number of rotatable bonds is 4. The van der Waals surface area contributed by atoms with Crippen molar-refractivity contribution in [3.63, 3.8) is 0 Å². The zero-order chi connectivity index (χ0) is 16.2. The number of halogens is 2. The molecule has 1 aromatic rings. The number of hydrogen-bond donors (Lipinski definition) is 1. The van der Waals surface area contributed by atoms with Crippen LogP contribution in [0.25, 0.3) is 0 Å². The molecule has 2 saturated heterocycles. The molecule has 1 unspecified atom stereocenters. The third-order valence-corrected chi connectivity index (χ3v) is 5.56. The van der Waals surface area contributed by atoms with E-state index in [-0.39, 0.29) is 11.9 Å². The Morgan fingerprint density at radius 2 is 1.91 bits per heavy atom. The van der Waals surface area contributed by atoms with Crippen molar-refractivity contribution in [2.24, 2.45) is 5.92 Å². The van der Waals surface area contributed by atoms with Crippen molar-refractivity contribution < 1.29 is 4.39 Å². The molecule has 128 valence electrons. The van der Waals surface area contributed by atoms with E-state index in [1.165, 1.54) is 18.9 Å². The SMILES string of the molecule is CC1CCN(CC(c2c(F)cccc2Cl)N2CCNCC2)CC1. The highest BCUT2D eigenvalue weighted by Gasteiger charge is 2.29. The van der Waals surface area contributed by atoms with E-state index in [0.717, 1.165) is 51.7 Å². The van der Waals surface area contributed by atoms with Gasteiger partial charge in [0.25, 0.3) is 0 Å². The summed E-state index contributed by atoms with van der Waals surface area (Å²) in [4.78, 5) is 4.87. The summed E-state index contributed by atoms with van der Waals surface area (Å²) in [5, 5.41) is 3.93. The Labute approximate surface area is 143 Å². The summed E-state index contributed by atoms with van der Waals surface area (Å²) in [6, 6.07) is 5.08. The molecule has 0 radical (unpaired) electrons. The van der Waals surface area contributed by atoms with Crippen LogP contribution in [0.15, 0.2) is 18.2 Å². The Hall–Kier alpha value is -0.680. The molecule has 1 N–H and O–H groups in total. The minimum absolute atomic E-state index is 0.0409. The Bertz CT molecular complexity index is 491. The summed E-state index contributed by atoms with van der Waals surface area (Å²) in [6.45, 7) is 9.20. The molecular weight excluding hydrogens is 313 g/mol. The molecule has 0 aromatic heterocycles. The summed E-state index contributed by atoms with van der Waals surface area (Å²) < 4.78 is 14.5. The fourth-order valence-corrected chi connectivity index (χ4v) is 3.99. The lowest BCUT2D eigenvalue weighted by Gasteiger charge is -2.40. The van der Waals surface area contributed by atoms with Crippen molar-refractivity contribution in [3.05, 3.63) is 34.6 Å². The van der Waals surface area contributed by atoms with Gasteiger partial charge < -0.3 is 10.2 Å². The molecule has 2 heterocycles. The standard InChI is InChI=1S/C18H27ClFN3/c1-14-5-9-22(10-6-14)13-17(23-11-7-21-8-12-23)18-15(19)3-2-4-16(18)20/h2-4,14,17,21H,5-13H2,1H3. The van der Waals surface area contributed by atoms with E-state index in [2.05, 4.69) is 22.0 Å². The van der Waals surface area contributed by atoms with Crippen molar-refractivity contribution in [2.45, 2.75) is 25.8 Å². The van der Waals surface area contributed by atoms with Crippen molar-refractivity contribution in [2.75, 3.05) is 45.8 Å². The Morgan fingerprint density at radius 1 is 1.22 bits per heavy atom. The lowest BCUT2D eigenvalue weighted by atomic mass is 9.97. The second-order valence-electron chi connectivity index (χ2n) is 6.92. The summed E-state index contributed by atoms with van der Waals surface area (Å²) in [5.74, 6) is 0.632. The van der Waals surface area contributed by atoms with Crippen molar-refractivity contribution in [1.29, 1.82) is 0 Å². The van der Waals surface area contributed by atoms with Gasteiger partial charge >= 0.3 is 0 Å². The number of piperidine rings is 1. The highest BCUT2D eigenvalue weighted by atomic mass is 35.5. The second kappa shape index (κ2) is 7.93. The van der Waals surface area contributed by atoms with Crippen molar-refractivity contribution in [1.82, 2.24) is 15.1 Å². The van der Waals surface area contributed by atoms with Crippen LogP contribution in [-0.2, 0) is 0 Å². The smallest absolute Gasteiger partial charge is 0.129 e. The van der Waals surface area contributed by atoms with E-state index in [9.17, 15) is 4.39 Å². The predicted octanol–water partition coefficient (Wildman–Crippen LogP) is 3.16. The summed E-state index contributed by atoms with van der Waals surface area (Å²) in [7, 11) is 0. The van der Waals surface area contributed by atoms with E-state index >= 15 is 0 Å². The minimum Gasteiger partial charge on any atom is -0.314 e. The molecule has 1 aromatic carbocycles. The lowest BCUT2D eigenvalue weighted by molar-refractivity contribution is 0.102. The van der Waals surface area contributed by atoms with E-state index < -0.39 is 0 Å². The van der Waals surface area contributed by atoms with Crippen LogP contribution in [0.4, 0.5) is 4.39 Å². The van der Waals surface area contributed by atoms with Gasteiger partial charge in [0.2, 0.25) is 0 Å². The number of nitrogens with one attached hydrogen (secondary N) is 1. The third-order valence-electron chi connectivity index (χ3n) is 5.23. The van der Waals surface area contributed by atoms with Crippen LogP contribution >= 0.6 is 11.6 Å². The highest BCUT2D eigenvalue weighted by molar-refractivity contribution is 6.31. The van der Waals surface area contributed by atoms with Gasteiger partial charge in [-0.2, -0.15) is 0 Å². The fourth-order valence-electron chi connectivity index (χ4n) is 3.70. The molecule has 0 bridgehead atoms. The molecule has 3 nitrogen and oxygen atoms in total. The normalized spacial score (nSPS) is 23.1. The molecule has 23 heavy (non-hydrogen) atoms. The van der Waals surface area contributed by atoms with Gasteiger partial charge in [0, 0.05) is 43.3 Å². The maximum atomic E-state index is 14.5. The quantitative estimate of drug-likeness (QED) is 0.909. The van der Waals surface area contributed by atoms with Gasteiger partial charge in [0.15, 0.2) is 0 Å². The average molecular weight is 340 g/mol. The summed E-state index contributed by atoms with van der Waals surface area (Å²) >= 11 is 6.38. The molecule has 3 rings (SSSR count). The van der Waals surface area contributed by atoms with Crippen molar-refractivity contribution in [3.8, 4) is 0 Å². The number of hydrogen-bond acceptors (Lipinski definition) is 3. The number of benzene rings is 1. The second-order valence-corrected chi connectivity index (χ2v) is 7.33. The van der Waals surface area contributed by atoms with Crippen LogP contribution < -0.4 is 5.32 Å². The van der Waals surface area contributed by atoms with Crippen LogP contribution in [0, 0.1) is 11.7 Å². The van der Waals surface area contributed by atoms with Gasteiger partial charge in [-0.1, -0.05) is 24.6 Å². The molecule has 2 aliphatic heterocycles. The Morgan fingerprint density at radius 3 is 2.57 bits per heavy atom. The van der Waals surface area contributed by atoms with Crippen LogP contribution in [0.1, 0.15) is 31.4 Å². The van der Waals surface area contributed by atoms with E-state index in [1.54, 1.807) is 6.07 Å². The van der Waals surface area contributed by atoms with Crippen LogP contribution in [-0.4, -0.2) is 55.6 Å². The van der Waals surface area contributed by atoms with E-state index in [0.29, 0.717) is 10.6 Å². The number of likely N-dealkylation sites (tertiary alicyclic amines) is 1. The van der Waals surface area contributed by atoms with Gasteiger partial charge in [-0.3, -0.25) is 4.90 Å². The first-order valence-electron chi connectivity index (χ1n) is 8.76. The number of nitrogens with zero attached hydrogens (tertiary/aromatic N) is 2. The monoisotopic (exact) mass is 339 g/mol. The van der Waals surface area contributed by atoms with Crippen LogP contribution in [0.2, 0.25) is 5.02 Å². The lowest BCUT2D eigenvalue weighted by Crippen LogP contribution is -2.49. The average Bonchev–Trinajstić information content (AvgIpc) is 2.56. The van der Waals surface area contributed by atoms with Gasteiger partial charge in [-0.15, -0.1) is 0 Å². The number of piperazine rings is 1. The summed E-state index contributed by atoms with van der Waals surface area (Å²) in [6.07, 6.45) is 2.47. The zero-order valence-corrected chi connectivity index (χ0v) is 14.7. The van der Waals surface area contributed by atoms with Gasteiger partial charge in [-0.25, -0.2) is 4.39 Å². The van der Waals surface area contributed by atoms with Crippen LogP contribution in [0.3, 0.4) is 0 Å². The fraction of sp³-hybridized carbons (Fsp3) is 0.667. The highest BCUT2D eigenvalue weighted by Crippen LogP contribution is 2.32. The Kier molecular flexibility index (Phi) is 5.91. The summed E-state index contributed by atoms with van der Waals surface area (Å²) in [5.41, 5.74) is 0.676. The van der Waals surface area contributed by atoms with Crippen LogP contribution in [0.5, 0.6) is 0 Å². The molecule has 1 atom stereocenters. The van der Waals surface area contributed by atoms with Gasteiger partial charge in [-0.05, 0) is 44.0 Å². The minimum atomic E-state index is -0.175. The third kappa shape index (κ3) is 4.24. The largest absolute Gasteiger partial charge is 0.314 e. The zero-order valence-electron chi connectivity index (χ0n) is 13.9. The van der Waals surface area contributed by atoms with E-state index in [4.69, 9.17) is 11.6 Å². The molecule has 0 saturated carbocycles. The molecule has 5 heteroatoms. The first kappa shape index (κ1) is 17.2. The van der Waals surface area contributed by atoms with Gasteiger partial charge in [0.05, 0.1) is 6.04 Å². The molecular formula is C18H27ClFN3. The van der Waals surface area contributed by atoms with E-state index in [1.807, 2.05) is 6.07 Å². The topological polar surface area (TPSA) is 18.5 Å². The van der Waals surface area contributed by atoms with Crippen molar-refractivity contribution >= 4 is 11.6 Å². The molecule has 0 aliphatic carbocycles. The first-order valence-corrected chi connectivity index (χ1v) is 9.14. The molecule has 2 aliphatic rings. The molecule has 0 spiro atoms. The molecule has 0 amide bonds. The molecule has 2 fully saturated rings. The first-order chi connectivity index (χ1) is 11.1. The maximum absolute atomic E-state index is 14.5. The maximum Gasteiger partial charge on any atom is 0.129 e. The Balaban J connectivity index is 1.81. The van der Waals surface area contributed by atoms with Gasteiger partial charge in [0.1, 0.15) is 5.82 Å².